The molecular formula is C25H25N5O2. The van der Waals surface area contributed by atoms with Crippen molar-refractivity contribution in [1.29, 1.82) is 0 Å². The molecule has 1 N–H and O–H groups in total. The minimum Gasteiger partial charge on any atom is -0.342 e. The number of imidazole rings is 1. The third-order valence-corrected chi connectivity index (χ3v) is 5.34. The Kier molecular flexibility index (Phi) is 6.26. The molecule has 2 aromatic carbocycles. The molecule has 1 atom stereocenters. The van der Waals surface area contributed by atoms with E-state index in [9.17, 15) is 9.59 Å². The molecule has 4 aromatic rings. The van der Waals surface area contributed by atoms with Crippen molar-refractivity contribution in [3.05, 3.63) is 90.5 Å². The number of likely N-dealkylation sites (N-methyl/N-ethyl adjacent to an activating group) is 1. The Bertz CT molecular complexity index is 1220. The molecule has 0 saturated heterocycles. The van der Waals surface area contributed by atoms with E-state index in [0.717, 1.165) is 16.7 Å². The molecule has 0 aliphatic heterocycles. The van der Waals surface area contributed by atoms with Crippen molar-refractivity contribution in [3.8, 4) is 0 Å². The summed E-state index contributed by atoms with van der Waals surface area (Å²) < 4.78 is 1.89. The lowest BCUT2D eigenvalue weighted by molar-refractivity contribution is -0.119. The van der Waals surface area contributed by atoms with E-state index in [1.807, 2.05) is 73.0 Å². The normalized spacial score (nSPS) is 11.8. The van der Waals surface area contributed by atoms with E-state index in [2.05, 4.69) is 10.3 Å². The van der Waals surface area contributed by atoms with Crippen LogP contribution in [0.5, 0.6) is 0 Å². The lowest BCUT2D eigenvalue weighted by Crippen LogP contribution is -2.35. The number of fused-ring (bicyclic) bond motifs is 1. The zero-order valence-corrected chi connectivity index (χ0v) is 18.1. The van der Waals surface area contributed by atoms with E-state index in [-0.39, 0.29) is 18.4 Å². The molecule has 1 unspecified atom stereocenters. The van der Waals surface area contributed by atoms with Gasteiger partial charge in [0.15, 0.2) is 0 Å². The number of benzene rings is 2. The van der Waals surface area contributed by atoms with E-state index in [1.165, 1.54) is 0 Å². The van der Waals surface area contributed by atoms with Gasteiger partial charge in [0.1, 0.15) is 12.4 Å². The highest BCUT2D eigenvalue weighted by atomic mass is 16.2. The lowest BCUT2D eigenvalue weighted by atomic mass is 10.2. The van der Waals surface area contributed by atoms with Crippen molar-refractivity contribution >= 4 is 28.5 Å². The second-order valence-electron chi connectivity index (χ2n) is 7.45. The Morgan fingerprint density at radius 3 is 2.41 bits per heavy atom. The van der Waals surface area contributed by atoms with Gasteiger partial charge in [0.05, 0.1) is 17.1 Å². The number of anilines is 1. The van der Waals surface area contributed by atoms with Gasteiger partial charge in [0.25, 0.3) is 5.91 Å². The number of rotatable bonds is 7. The summed E-state index contributed by atoms with van der Waals surface area (Å²) in [6.07, 6.45) is 3.16. The predicted octanol–water partition coefficient (Wildman–Crippen LogP) is 3.98. The van der Waals surface area contributed by atoms with E-state index in [1.54, 1.807) is 29.4 Å². The van der Waals surface area contributed by atoms with Gasteiger partial charge in [-0.3, -0.25) is 14.6 Å². The van der Waals surface area contributed by atoms with E-state index in [0.29, 0.717) is 17.9 Å². The van der Waals surface area contributed by atoms with Crippen LogP contribution in [0.3, 0.4) is 0 Å². The summed E-state index contributed by atoms with van der Waals surface area (Å²) in [5.41, 5.74) is 3.00. The van der Waals surface area contributed by atoms with Gasteiger partial charge < -0.3 is 14.8 Å². The monoisotopic (exact) mass is 427 g/mol. The maximum absolute atomic E-state index is 13.3. The van der Waals surface area contributed by atoms with Crippen molar-refractivity contribution < 1.29 is 9.59 Å². The first-order valence-electron chi connectivity index (χ1n) is 10.6. The fourth-order valence-electron chi connectivity index (χ4n) is 3.77. The van der Waals surface area contributed by atoms with Gasteiger partial charge in [-0.05, 0) is 50.2 Å². The summed E-state index contributed by atoms with van der Waals surface area (Å²) in [4.78, 5) is 36.4. The highest BCUT2D eigenvalue weighted by molar-refractivity contribution is 5.95. The minimum absolute atomic E-state index is 0.0456. The van der Waals surface area contributed by atoms with Gasteiger partial charge in [-0.1, -0.05) is 30.3 Å². The number of para-hydroxylation sites is 3. The van der Waals surface area contributed by atoms with Gasteiger partial charge in [-0.2, -0.15) is 0 Å². The third kappa shape index (κ3) is 4.37. The van der Waals surface area contributed by atoms with Crippen molar-refractivity contribution in [1.82, 2.24) is 19.9 Å². The molecule has 32 heavy (non-hydrogen) atoms. The Balaban J connectivity index is 1.64. The quantitative estimate of drug-likeness (QED) is 0.484. The average molecular weight is 428 g/mol. The number of pyridine rings is 1. The van der Waals surface area contributed by atoms with Crippen molar-refractivity contribution in [2.45, 2.75) is 26.4 Å². The number of nitrogens with zero attached hydrogens (tertiary/aromatic N) is 4. The number of hydrogen-bond acceptors (Lipinski definition) is 4. The highest BCUT2D eigenvalue weighted by Crippen LogP contribution is 2.22. The molecule has 2 aromatic heterocycles. The van der Waals surface area contributed by atoms with Crippen LogP contribution in [-0.2, 0) is 11.3 Å². The predicted molar refractivity (Wildman–Crippen MR) is 124 cm³/mol. The van der Waals surface area contributed by atoms with E-state index < -0.39 is 6.04 Å². The second-order valence-corrected chi connectivity index (χ2v) is 7.45. The average Bonchev–Trinajstić information content (AvgIpc) is 3.19. The molecule has 0 aliphatic carbocycles. The molecule has 162 valence electrons. The summed E-state index contributed by atoms with van der Waals surface area (Å²) in [7, 11) is 0. The number of aromatic nitrogens is 3. The van der Waals surface area contributed by atoms with Gasteiger partial charge in [-0.25, -0.2) is 4.98 Å². The summed E-state index contributed by atoms with van der Waals surface area (Å²) in [5, 5.41) is 2.99. The van der Waals surface area contributed by atoms with Gasteiger partial charge >= 0.3 is 0 Å². The van der Waals surface area contributed by atoms with Crippen molar-refractivity contribution in [2.24, 2.45) is 0 Å². The van der Waals surface area contributed by atoms with Crippen LogP contribution < -0.4 is 10.2 Å². The molecule has 0 fully saturated rings. The van der Waals surface area contributed by atoms with Crippen LogP contribution in [0.2, 0.25) is 0 Å². The largest absolute Gasteiger partial charge is 0.342 e. The zero-order valence-electron chi connectivity index (χ0n) is 18.1. The maximum Gasteiger partial charge on any atom is 0.251 e. The van der Waals surface area contributed by atoms with Crippen LogP contribution in [0.15, 0.2) is 79.1 Å². The molecule has 4 rings (SSSR count). The summed E-state index contributed by atoms with van der Waals surface area (Å²) in [5.74, 6) is 0.367. The Morgan fingerprint density at radius 2 is 1.69 bits per heavy atom. The van der Waals surface area contributed by atoms with Gasteiger partial charge in [0, 0.05) is 30.2 Å². The maximum atomic E-state index is 13.3. The fourth-order valence-corrected chi connectivity index (χ4v) is 3.77. The SMILES string of the molecule is CCN(C(=O)Cn1c(C(C)NC(=O)c2ccncc2)nc2ccccc21)c1ccccc1. The molecule has 0 saturated carbocycles. The first kappa shape index (κ1) is 21.2. The molecule has 0 aliphatic rings. The first-order valence-corrected chi connectivity index (χ1v) is 10.6. The van der Waals surface area contributed by atoms with Gasteiger partial charge in [0.2, 0.25) is 5.91 Å². The number of nitrogens with one attached hydrogen (secondary N) is 1. The van der Waals surface area contributed by atoms with Crippen LogP contribution in [0.25, 0.3) is 11.0 Å². The Labute approximate surface area is 186 Å². The number of carbonyl (C=O) groups is 2. The molecule has 0 bridgehead atoms. The molecule has 2 amide bonds. The van der Waals surface area contributed by atoms with Crippen LogP contribution in [0.1, 0.15) is 36.1 Å². The second kappa shape index (κ2) is 9.43. The number of hydrogen-bond donors (Lipinski definition) is 1. The first-order chi connectivity index (χ1) is 15.6. The lowest BCUT2D eigenvalue weighted by Gasteiger charge is -2.23. The molecule has 7 nitrogen and oxygen atoms in total. The zero-order chi connectivity index (χ0) is 22.5. The van der Waals surface area contributed by atoms with Gasteiger partial charge in [-0.15, -0.1) is 0 Å². The topological polar surface area (TPSA) is 80.1 Å². The Hall–Kier alpha value is -4.00. The Morgan fingerprint density at radius 1 is 1.00 bits per heavy atom. The summed E-state index contributed by atoms with van der Waals surface area (Å²) >= 11 is 0. The molecule has 0 radical (unpaired) electrons. The van der Waals surface area contributed by atoms with Crippen LogP contribution in [-0.4, -0.2) is 32.9 Å². The summed E-state index contributed by atoms with van der Waals surface area (Å²) in [6, 6.07) is 20.2. The van der Waals surface area contributed by atoms with Crippen LogP contribution in [0, 0.1) is 0 Å². The highest BCUT2D eigenvalue weighted by Gasteiger charge is 2.22. The third-order valence-electron chi connectivity index (χ3n) is 5.34. The standard InChI is InChI=1S/C25H25N5O2/c1-3-29(20-9-5-4-6-10-20)23(31)17-30-22-12-8-7-11-21(22)28-24(30)18(2)27-25(32)19-13-15-26-16-14-19/h4-16,18H,3,17H2,1-2H3,(H,27,32). The number of amides is 2. The summed E-state index contributed by atoms with van der Waals surface area (Å²) in [6.45, 7) is 4.50. The fraction of sp³-hybridized carbons (Fsp3) is 0.200. The van der Waals surface area contributed by atoms with Crippen LogP contribution in [0.4, 0.5) is 5.69 Å². The number of carbonyl (C=O) groups excluding carboxylic acids is 2. The minimum atomic E-state index is -0.400. The molecule has 7 heteroatoms. The van der Waals surface area contributed by atoms with Crippen molar-refractivity contribution in [3.63, 3.8) is 0 Å². The van der Waals surface area contributed by atoms with E-state index in [4.69, 9.17) is 4.98 Å². The molecular weight excluding hydrogens is 402 g/mol. The smallest absolute Gasteiger partial charge is 0.251 e. The van der Waals surface area contributed by atoms with Crippen LogP contribution >= 0.6 is 0 Å². The molecule has 0 spiro atoms. The molecule has 2 heterocycles. The van der Waals surface area contributed by atoms with E-state index >= 15 is 0 Å². The van der Waals surface area contributed by atoms with Crippen molar-refractivity contribution in [2.75, 3.05) is 11.4 Å².